The molecule has 2 aliphatic heterocycles. The minimum atomic E-state index is -3.75. The first kappa shape index (κ1) is 23.8. The molecule has 168 valence electrons. The second-order valence-corrected chi connectivity index (χ2v) is 10.4. The predicted molar refractivity (Wildman–Crippen MR) is 125 cm³/mol. The van der Waals surface area contributed by atoms with Gasteiger partial charge in [0.25, 0.3) is 0 Å². The van der Waals surface area contributed by atoms with Gasteiger partial charge in [-0.25, -0.2) is 8.42 Å². The number of hydrogen-bond acceptors (Lipinski definition) is 4. The van der Waals surface area contributed by atoms with Crippen molar-refractivity contribution >= 4 is 56.5 Å². The summed E-state index contributed by atoms with van der Waals surface area (Å²) in [5.74, 6) is 0.713. The van der Waals surface area contributed by atoms with Crippen LogP contribution in [0.4, 0.5) is 0 Å². The minimum absolute atomic E-state index is 0. The Morgan fingerprint density at radius 1 is 1.13 bits per heavy atom. The molecule has 1 N–H and O–H groups in total. The Balaban J connectivity index is 0.00000272. The molecule has 1 atom stereocenters. The minimum Gasteiger partial charge on any atom is -0.360 e. The van der Waals surface area contributed by atoms with Crippen LogP contribution in [0.1, 0.15) is 13.3 Å². The number of rotatable bonds is 4. The van der Waals surface area contributed by atoms with Crippen LogP contribution in [0.5, 0.6) is 0 Å². The van der Waals surface area contributed by atoms with E-state index in [1.54, 1.807) is 48.2 Å². The van der Waals surface area contributed by atoms with Crippen molar-refractivity contribution < 1.29 is 13.2 Å². The van der Waals surface area contributed by atoms with Gasteiger partial charge in [-0.2, -0.15) is 4.31 Å². The summed E-state index contributed by atoms with van der Waals surface area (Å²) in [7, 11) is -3.75. The topological polar surface area (TPSA) is 84.8 Å². The van der Waals surface area contributed by atoms with Crippen LogP contribution in [0.25, 0.3) is 10.8 Å². The number of piperazine rings is 1. The Kier molecular flexibility index (Phi) is 7.15. The number of amides is 1. The van der Waals surface area contributed by atoms with Crippen molar-refractivity contribution in [3.05, 3.63) is 41.4 Å². The quantitative estimate of drug-likeness (QED) is 0.533. The average molecular weight is 485 g/mol. The monoisotopic (exact) mass is 484 g/mol. The molecule has 2 heterocycles. The van der Waals surface area contributed by atoms with Gasteiger partial charge in [-0.1, -0.05) is 23.7 Å². The molecule has 7 nitrogen and oxygen atoms in total. The van der Waals surface area contributed by atoms with E-state index in [-0.39, 0.29) is 36.3 Å². The van der Waals surface area contributed by atoms with E-state index in [0.717, 1.165) is 30.3 Å². The molecule has 10 heteroatoms. The average Bonchev–Trinajstić information content (AvgIpc) is 3.18. The first-order valence-electron chi connectivity index (χ1n) is 10.0. The molecule has 0 radical (unpaired) electrons. The molecule has 4 rings (SSSR count). The number of nitrogens with one attached hydrogen (secondary N) is 1. The van der Waals surface area contributed by atoms with Crippen molar-refractivity contribution in [2.24, 2.45) is 5.92 Å². The highest BCUT2D eigenvalue weighted by Crippen LogP contribution is 2.26. The summed E-state index contributed by atoms with van der Waals surface area (Å²) in [6.45, 7) is 4.55. The summed E-state index contributed by atoms with van der Waals surface area (Å²) in [5, 5.41) is 10.0. The number of fused-ring (bicyclic) bond motifs is 1. The fourth-order valence-corrected chi connectivity index (χ4v) is 5.78. The molecule has 2 saturated heterocycles. The summed E-state index contributed by atoms with van der Waals surface area (Å²) in [4.78, 5) is 16.7. The number of carbonyl (C=O) groups excluding carboxylic acids is 1. The zero-order valence-electron chi connectivity index (χ0n) is 17.3. The zero-order valence-corrected chi connectivity index (χ0v) is 19.6. The number of sulfonamides is 1. The smallest absolute Gasteiger partial charge is 0.243 e. The van der Waals surface area contributed by atoms with Gasteiger partial charge in [0.1, 0.15) is 0 Å². The second kappa shape index (κ2) is 9.32. The molecular formula is C21H26Cl2N4O3S. The number of hydrogen-bond donors (Lipinski definition) is 1. The van der Waals surface area contributed by atoms with E-state index >= 15 is 0 Å². The highest BCUT2D eigenvalue weighted by atomic mass is 35.5. The summed E-state index contributed by atoms with van der Waals surface area (Å²) in [5.41, 5.74) is 0. The van der Waals surface area contributed by atoms with Crippen LogP contribution in [0, 0.1) is 11.3 Å². The molecule has 0 aliphatic carbocycles. The van der Waals surface area contributed by atoms with Gasteiger partial charge in [0.2, 0.25) is 15.9 Å². The first-order chi connectivity index (χ1) is 14.2. The van der Waals surface area contributed by atoms with Gasteiger partial charge in [0.15, 0.2) is 0 Å². The first-order valence-corrected chi connectivity index (χ1v) is 11.8. The number of likely N-dealkylation sites (tertiary alicyclic amines) is 1. The molecule has 0 spiro atoms. The molecule has 1 amide bonds. The van der Waals surface area contributed by atoms with E-state index in [1.807, 2.05) is 4.90 Å². The van der Waals surface area contributed by atoms with E-state index in [2.05, 4.69) is 0 Å². The number of carbonyl (C=O) groups is 1. The lowest BCUT2D eigenvalue weighted by Gasteiger charge is -2.35. The maximum Gasteiger partial charge on any atom is 0.243 e. The molecule has 0 bridgehead atoms. The van der Waals surface area contributed by atoms with Gasteiger partial charge in [-0.05, 0) is 54.3 Å². The number of benzene rings is 2. The Labute approximate surface area is 193 Å². The lowest BCUT2D eigenvalue weighted by atomic mass is 10.1. The van der Waals surface area contributed by atoms with Crippen molar-refractivity contribution in [2.45, 2.75) is 18.2 Å². The van der Waals surface area contributed by atoms with Crippen molar-refractivity contribution in [2.75, 3.05) is 39.3 Å². The van der Waals surface area contributed by atoms with Crippen LogP contribution in [0.2, 0.25) is 5.02 Å². The van der Waals surface area contributed by atoms with Crippen molar-refractivity contribution in [1.29, 1.82) is 5.41 Å². The highest BCUT2D eigenvalue weighted by molar-refractivity contribution is 7.89. The predicted octanol–water partition coefficient (Wildman–Crippen LogP) is 3.07. The van der Waals surface area contributed by atoms with E-state index in [4.69, 9.17) is 17.0 Å². The van der Waals surface area contributed by atoms with Gasteiger partial charge >= 0.3 is 0 Å². The molecule has 2 aromatic rings. The van der Waals surface area contributed by atoms with Crippen LogP contribution in [-0.4, -0.2) is 73.5 Å². The maximum atomic E-state index is 13.1. The standard InChI is InChI=1S/C21H25ClN4O3S.ClH/c1-15(23)24-7-6-16(12-24)13-25-8-9-26(14-21(25)27)30(28,29)20-5-3-17-10-19(22)4-2-18(17)11-20;/h2-5,10-11,16,23H,6-9,12-14H2,1H3;1H. The molecular weight excluding hydrogens is 459 g/mol. The fraction of sp³-hybridized carbons (Fsp3) is 0.429. The SMILES string of the molecule is CC(=N)N1CCC(CN2CCN(S(=O)(=O)c3ccc4cc(Cl)ccc4c3)CC2=O)C1.Cl. The van der Waals surface area contributed by atoms with Gasteiger partial charge < -0.3 is 9.80 Å². The molecule has 0 saturated carbocycles. The van der Waals surface area contributed by atoms with E-state index < -0.39 is 10.0 Å². The summed E-state index contributed by atoms with van der Waals surface area (Å²) in [6.07, 6.45) is 0.948. The van der Waals surface area contributed by atoms with Crippen molar-refractivity contribution in [3.8, 4) is 0 Å². The third-order valence-corrected chi connectivity index (χ3v) is 8.01. The summed E-state index contributed by atoms with van der Waals surface area (Å²) in [6, 6.07) is 10.2. The molecule has 31 heavy (non-hydrogen) atoms. The van der Waals surface area contributed by atoms with Crippen molar-refractivity contribution in [3.63, 3.8) is 0 Å². The molecule has 0 aromatic heterocycles. The largest absolute Gasteiger partial charge is 0.360 e. The number of amidine groups is 1. The molecule has 2 fully saturated rings. The Morgan fingerprint density at radius 3 is 2.52 bits per heavy atom. The Morgan fingerprint density at radius 2 is 1.84 bits per heavy atom. The van der Waals surface area contributed by atoms with Crippen LogP contribution < -0.4 is 0 Å². The Bertz CT molecular complexity index is 1110. The third-order valence-electron chi connectivity index (χ3n) is 5.93. The summed E-state index contributed by atoms with van der Waals surface area (Å²) >= 11 is 6.00. The lowest BCUT2D eigenvalue weighted by molar-refractivity contribution is -0.134. The Hall–Kier alpha value is -1.87. The number of halogens is 2. The lowest BCUT2D eigenvalue weighted by Crippen LogP contribution is -2.53. The van der Waals surface area contributed by atoms with E-state index in [9.17, 15) is 13.2 Å². The van der Waals surface area contributed by atoms with Gasteiger partial charge in [-0.15, -0.1) is 12.4 Å². The van der Waals surface area contributed by atoms with Gasteiger partial charge in [-0.3, -0.25) is 10.2 Å². The fourth-order valence-electron chi connectivity index (χ4n) is 4.19. The van der Waals surface area contributed by atoms with Crippen LogP contribution in [0.15, 0.2) is 41.3 Å². The third kappa shape index (κ3) is 4.98. The normalized spacial score (nSPS) is 20.2. The van der Waals surface area contributed by atoms with Crippen molar-refractivity contribution in [1.82, 2.24) is 14.1 Å². The van der Waals surface area contributed by atoms with Gasteiger partial charge in [0.05, 0.1) is 17.3 Å². The zero-order chi connectivity index (χ0) is 21.5. The number of nitrogens with zero attached hydrogens (tertiary/aromatic N) is 3. The van der Waals surface area contributed by atoms with Crippen LogP contribution in [-0.2, 0) is 14.8 Å². The van der Waals surface area contributed by atoms with E-state index in [0.29, 0.717) is 29.9 Å². The molecule has 2 aliphatic rings. The van der Waals surface area contributed by atoms with E-state index in [1.165, 1.54) is 4.31 Å². The molecule has 2 aromatic carbocycles. The summed E-state index contributed by atoms with van der Waals surface area (Å²) < 4.78 is 27.5. The maximum absolute atomic E-state index is 13.1. The van der Waals surface area contributed by atoms with Gasteiger partial charge in [0, 0.05) is 37.7 Å². The van der Waals surface area contributed by atoms with Crippen LogP contribution >= 0.6 is 24.0 Å². The highest BCUT2D eigenvalue weighted by Gasteiger charge is 2.34. The second-order valence-electron chi connectivity index (χ2n) is 8.02. The molecule has 1 unspecified atom stereocenters. The van der Waals surface area contributed by atoms with Crippen LogP contribution in [0.3, 0.4) is 0 Å².